The summed E-state index contributed by atoms with van der Waals surface area (Å²) in [5.74, 6) is 0.929. The molecule has 2 N–H and O–H groups in total. The molecule has 2 aromatic carbocycles. The predicted octanol–water partition coefficient (Wildman–Crippen LogP) is 3.17. The van der Waals surface area contributed by atoms with E-state index in [0.717, 1.165) is 17.7 Å². The van der Waals surface area contributed by atoms with Gasteiger partial charge in [-0.05, 0) is 54.3 Å². The predicted molar refractivity (Wildman–Crippen MR) is 75.9 cm³/mol. The Morgan fingerprint density at radius 2 is 1.67 bits per heavy atom. The summed E-state index contributed by atoms with van der Waals surface area (Å²) in [6, 6.07) is 14.8. The third-order valence-corrected chi connectivity index (χ3v) is 3.12. The van der Waals surface area contributed by atoms with Gasteiger partial charge in [-0.1, -0.05) is 30.3 Å². The first-order valence-electron chi connectivity index (χ1n) is 6.18. The number of benzene rings is 2. The Labute approximate surface area is 108 Å². The minimum atomic E-state index is 0.695. The number of aryl methyl sites for hydroxylation is 1. The highest BCUT2D eigenvalue weighted by Crippen LogP contribution is 2.26. The molecule has 0 aliphatic carbocycles. The second kappa shape index (κ2) is 5.69. The van der Waals surface area contributed by atoms with Crippen molar-refractivity contribution in [3.63, 3.8) is 0 Å². The van der Waals surface area contributed by atoms with Crippen LogP contribution in [0, 0.1) is 6.92 Å². The molecule has 0 amide bonds. The molecule has 2 heteroatoms. The van der Waals surface area contributed by atoms with E-state index in [2.05, 4.69) is 43.3 Å². The maximum absolute atomic E-state index is 5.55. The third-order valence-electron chi connectivity index (χ3n) is 3.12. The molecule has 0 aromatic heterocycles. The van der Waals surface area contributed by atoms with Gasteiger partial charge >= 0.3 is 0 Å². The lowest BCUT2D eigenvalue weighted by Crippen LogP contribution is -2.02. The van der Waals surface area contributed by atoms with E-state index >= 15 is 0 Å². The molecule has 2 nitrogen and oxygen atoms in total. The van der Waals surface area contributed by atoms with Crippen LogP contribution in [0.5, 0.6) is 5.75 Å². The molecule has 0 bridgehead atoms. The average molecular weight is 241 g/mol. The summed E-state index contributed by atoms with van der Waals surface area (Å²) in [7, 11) is 1.70. The van der Waals surface area contributed by atoms with Gasteiger partial charge in [-0.2, -0.15) is 0 Å². The van der Waals surface area contributed by atoms with Crippen LogP contribution in [0.15, 0.2) is 42.5 Å². The monoisotopic (exact) mass is 241 g/mol. The van der Waals surface area contributed by atoms with E-state index in [1.165, 1.54) is 16.7 Å². The van der Waals surface area contributed by atoms with Gasteiger partial charge in [-0.3, -0.25) is 0 Å². The number of rotatable bonds is 4. The van der Waals surface area contributed by atoms with Crippen molar-refractivity contribution < 1.29 is 4.74 Å². The maximum atomic E-state index is 5.55. The van der Waals surface area contributed by atoms with Gasteiger partial charge in [0.05, 0.1) is 7.11 Å². The van der Waals surface area contributed by atoms with Gasteiger partial charge in [0.2, 0.25) is 0 Å². The molecular weight excluding hydrogens is 222 g/mol. The van der Waals surface area contributed by atoms with Crippen molar-refractivity contribution in [2.45, 2.75) is 13.3 Å². The highest BCUT2D eigenvalue weighted by molar-refractivity contribution is 5.65. The molecule has 0 aliphatic rings. The molecular formula is C16H19NO. The van der Waals surface area contributed by atoms with Crippen molar-refractivity contribution in [3.05, 3.63) is 53.6 Å². The van der Waals surface area contributed by atoms with E-state index in [0.29, 0.717) is 6.54 Å². The molecule has 2 rings (SSSR count). The van der Waals surface area contributed by atoms with E-state index in [9.17, 15) is 0 Å². The Morgan fingerprint density at radius 3 is 2.22 bits per heavy atom. The molecule has 0 fully saturated rings. The fourth-order valence-electron chi connectivity index (χ4n) is 2.09. The normalized spacial score (nSPS) is 10.4. The molecule has 0 radical (unpaired) electrons. The summed E-state index contributed by atoms with van der Waals surface area (Å²) < 4.78 is 5.27. The number of nitrogens with two attached hydrogens (primary N) is 1. The average Bonchev–Trinajstić information content (AvgIpc) is 2.40. The fraction of sp³-hybridized carbons (Fsp3) is 0.250. The quantitative estimate of drug-likeness (QED) is 0.892. The molecule has 0 heterocycles. The van der Waals surface area contributed by atoms with Gasteiger partial charge in [0, 0.05) is 0 Å². The van der Waals surface area contributed by atoms with Crippen LogP contribution in [0.3, 0.4) is 0 Å². The van der Waals surface area contributed by atoms with Crippen molar-refractivity contribution >= 4 is 0 Å². The van der Waals surface area contributed by atoms with Crippen LogP contribution in [0.4, 0.5) is 0 Å². The van der Waals surface area contributed by atoms with Gasteiger partial charge in [-0.15, -0.1) is 0 Å². The van der Waals surface area contributed by atoms with Crippen LogP contribution in [-0.2, 0) is 6.42 Å². The van der Waals surface area contributed by atoms with E-state index in [-0.39, 0.29) is 0 Å². The molecule has 0 spiro atoms. The largest absolute Gasteiger partial charge is 0.496 e. The lowest BCUT2D eigenvalue weighted by Gasteiger charge is -2.08. The van der Waals surface area contributed by atoms with Crippen molar-refractivity contribution in [1.82, 2.24) is 0 Å². The third kappa shape index (κ3) is 2.71. The number of methoxy groups -OCH3 is 1. The van der Waals surface area contributed by atoms with E-state index in [4.69, 9.17) is 10.5 Å². The Bertz CT molecular complexity index is 517. The van der Waals surface area contributed by atoms with Crippen LogP contribution < -0.4 is 10.5 Å². The number of hydrogen-bond donors (Lipinski definition) is 1. The summed E-state index contributed by atoms with van der Waals surface area (Å²) in [4.78, 5) is 0. The topological polar surface area (TPSA) is 35.2 Å². The highest BCUT2D eigenvalue weighted by atomic mass is 16.5. The molecule has 0 atom stereocenters. The Balaban J connectivity index is 2.28. The Hall–Kier alpha value is -1.80. The summed E-state index contributed by atoms with van der Waals surface area (Å²) in [5.41, 5.74) is 10.4. The minimum absolute atomic E-state index is 0.695. The van der Waals surface area contributed by atoms with E-state index in [1.807, 2.05) is 6.07 Å². The molecule has 0 aliphatic heterocycles. The summed E-state index contributed by atoms with van der Waals surface area (Å²) in [6.45, 7) is 2.76. The lowest BCUT2D eigenvalue weighted by molar-refractivity contribution is 0.412. The van der Waals surface area contributed by atoms with Crippen molar-refractivity contribution in [1.29, 1.82) is 0 Å². The molecule has 2 aromatic rings. The smallest absolute Gasteiger partial charge is 0.121 e. The Morgan fingerprint density at radius 1 is 1.00 bits per heavy atom. The minimum Gasteiger partial charge on any atom is -0.496 e. The molecule has 94 valence electrons. The van der Waals surface area contributed by atoms with Gasteiger partial charge in [0.1, 0.15) is 5.75 Å². The number of hydrogen-bond acceptors (Lipinski definition) is 2. The van der Waals surface area contributed by atoms with Crippen LogP contribution >= 0.6 is 0 Å². The highest BCUT2D eigenvalue weighted by Gasteiger charge is 2.02. The molecule has 0 saturated carbocycles. The standard InChI is InChI=1S/C16H19NO/c1-12-11-15(7-8-16(12)18-2)14-5-3-13(4-6-14)9-10-17/h3-8,11H,9-10,17H2,1-2H3. The summed E-state index contributed by atoms with van der Waals surface area (Å²) in [5, 5.41) is 0. The Kier molecular flexibility index (Phi) is 4.00. The SMILES string of the molecule is COc1ccc(-c2ccc(CCN)cc2)cc1C. The fourth-order valence-corrected chi connectivity index (χ4v) is 2.09. The second-order valence-corrected chi connectivity index (χ2v) is 4.42. The van der Waals surface area contributed by atoms with Crippen LogP contribution in [-0.4, -0.2) is 13.7 Å². The molecule has 0 saturated heterocycles. The zero-order valence-corrected chi connectivity index (χ0v) is 10.9. The summed E-state index contributed by atoms with van der Waals surface area (Å²) in [6.07, 6.45) is 0.932. The number of ether oxygens (including phenoxy) is 1. The van der Waals surface area contributed by atoms with E-state index in [1.54, 1.807) is 7.11 Å². The van der Waals surface area contributed by atoms with Crippen LogP contribution in [0.2, 0.25) is 0 Å². The van der Waals surface area contributed by atoms with Crippen LogP contribution in [0.25, 0.3) is 11.1 Å². The maximum Gasteiger partial charge on any atom is 0.121 e. The second-order valence-electron chi connectivity index (χ2n) is 4.42. The van der Waals surface area contributed by atoms with Crippen LogP contribution in [0.1, 0.15) is 11.1 Å². The summed E-state index contributed by atoms with van der Waals surface area (Å²) >= 11 is 0. The van der Waals surface area contributed by atoms with E-state index < -0.39 is 0 Å². The first-order chi connectivity index (χ1) is 8.74. The van der Waals surface area contributed by atoms with Gasteiger partial charge < -0.3 is 10.5 Å². The first-order valence-corrected chi connectivity index (χ1v) is 6.18. The zero-order valence-electron chi connectivity index (χ0n) is 10.9. The van der Waals surface area contributed by atoms with Crippen molar-refractivity contribution in [2.75, 3.05) is 13.7 Å². The lowest BCUT2D eigenvalue weighted by atomic mass is 10.0. The van der Waals surface area contributed by atoms with Gasteiger partial charge in [-0.25, -0.2) is 0 Å². The molecule has 18 heavy (non-hydrogen) atoms. The zero-order chi connectivity index (χ0) is 13.0. The van der Waals surface area contributed by atoms with Gasteiger partial charge in [0.25, 0.3) is 0 Å². The van der Waals surface area contributed by atoms with Crippen molar-refractivity contribution in [2.24, 2.45) is 5.73 Å². The molecule has 0 unspecified atom stereocenters. The first kappa shape index (κ1) is 12.7. The van der Waals surface area contributed by atoms with Crippen molar-refractivity contribution in [3.8, 4) is 16.9 Å². The van der Waals surface area contributed by atoms with Gasteiger partial charge in [0.15, 0.2) is 0 Å².